The molecule has 1 aromatic rings. The Morgan fingerprint density at radius 3 is 2.82 bits per heavy atom. The summed E-state index contributed by atoms with van der Waals surface area (Å²) in [4.78, 5) is 4.90. The average Bonchev–Trinajstić information content (AvgIpc) is 2.34. The molecule has 0 spiro atoms. The van der Waals surface area contributed by atoms with E-state index in [-0.39, 0.29) is 11.9 Å². The van der Waals surface area contributed by atoms with Crippen molar-refractivity contribution in [1.82, 2.24) is 4.98 Å². The monoisotopic (exact) mass is 246 g/mol. The van der Waals surface area contributed by atoms with Gasteiger partial charge in [-0.25, -0.2) is 8.78 Å². The minimum absolute atomic E-state index is 0.0296. The zero-order valence-electron chi connectivity index (χ0n) is 9.42. The molecule has 0 saturated carbocycles. The smallest absolute Gasteiger partial charge is 0.251 e. The fraction of sp³-hybridized carbons (Fsp3) is 0.545. The molecule has 0 aliphatic carbocycles. The van der Waals surface area contributed by atoms with Crippen LogP contribution in [0.1, 0.15) is 12.8 Å². The highest BCUT2D eigenvalue weighted by Crippen LogP contribution is 2.23. The fourth-order valence-corrected chi connectivity index (χ4v) is 1.98. The Bertz CT molecular complexity index is 414. The van der Waals surface area contributed by atoms with Crippen LogP contribution in [0.4, 0.5) is 19.0 Å². The first kappa shape index (κ1) is 12.2. The number of anilines is 1. The molecule has 1 atom stereocenters. The molecule has 1 aliphatic heterocycles. The van der Waals surface area contributed by atoms with Crippen molar-refractivity contribution in [2.75, 3.05) is 25.1 Å². The number of halogens is 3. The fourth-order valence-electron chi connectivity index (χ4n) is 1.98. The molecule has 17 heavy (non-hydrogen) atoms. The molecule has 3 nitrogen and oxygen atoms in total. The van der Waals surface area contributed by atoms with Crippen LogP contribution in [0.25, 0.3) is 0 Å². The van der Waals surface area contributed by atoms with Crippen molar-refractivity contribution in [3.8, 4) is 0 Å². The van der Waals surface area contributed by atoms with Crippen molar-refractivity contribution in [3.63, 3.8) is 0 Å². The Labute approximate surface area is 97.2 Å². The Morgan fingerprint density at radius 1 is 1.35 bits per heavy atom. The van der Waals surface area contributed by atoms with E-state index in [1.54, 1.807) is 12.0 Å². The van der Waals surface area contributed by atoms with Crippen LogP contribution in [0.2, 0.25) is 0 Å². The van der Waals surface area contributed by atoms with Crippen LogP contribution in [0.5, 0.6) is 0 Å². The number of aromatic nitrogens is 1. The van der Waals surface area contributed by atoms with Crippen LogP contribution in [0.15, 0.2) is 6.07 Å². The lowest BCUT2D eigenvalue weighted by molar-refractivity contribution is 0.0889. The third-order valence-corrected chi connectivity index (χ3v) is 2.88. The van der Waals surface area contributed by atoms with Gasteiger partial charge in [-0.2, -0.15) is 9.37 Å². The number of methoxy groups -OCH3 is 1. The molecule has 0 N–H and O–H groups in total. The summed E-state index contributed by atoms with van der Waals surface area (Å²) < 4.78 is 44.4. The first-order valence-electron chi connectivity index (χ1n) is 5.41. The maximum atomic E-state index is 13.5. The number of piperidine rings is 1. The topological polar surface area (TPSA) is 25.4 Å². The van der Waals surface area contributed by atoms with E-state index in [1.165, 1.54) is 0 Å². The van der Waals surface area contributed by atoms with Crippen LogP contribution < -0.4 is 4.90 Å². The molecule has 1 unspecified atom stereocenters. The molecule has 6 heteroatoms. The van der Waals surface area contributed by atoms with Crippen LogP contribution >= 0.6 is 0 Å². The average molecular weight is 246 g/mol. The molecule has 1 fully saturated rings. The first-order chi connectivity index (χ1) is 8.11. The Balaban J connectivity index is 2.24. The van der Waals surface area contributed by atoms with Gasteiger partial charge < -0.3 is 9.64 Å². The summed E-state index contributed by atoms with van der Waals surface area (Å²) in [6, 6.07) is 0.522. The molecular weight excluding hydrogens is 233 g/mol. The minimum atomic E-state index is -1.28. The Morgan fingerprint density at radius 2 is 2.12 bits per heavy atom. The zero-order chi connectivity index (χ0) is 12.4. The standard InChI is InChI=1S/C11H13F3N2O/c1-17-7-3-2-4-16(6-7)11-9(13)5-8(12)10(14)15-11/h5,7H,2-4,6H2,1H3. The summed E-state index contributed by atoms with van der Waals surface area (Å²) >= 11 is 0. The molecule has 0 bridgehead atoms. The second-order valence-corrected chi connectivity index (χ2v) is 4.01. The van der Waals surface area contributed by atoms with Crippen molar-refractivity contribution in [3.05, 3.63) is 23.6 Å². The predicted molar refractivity (Wildman–Crippen MR) is 56.4 cm³/mol. The second kappa shape index (κ2) is 4.91. The van der Waals surface area contributed by atoms with Gasteiger partial charge in [-0.05, 0) is 12.8 Å². The van der Waals surface area contributed by atoms with Crippen molar-refractivity contribution < 1.29 is 17.9 Å². The van der Waals surface area contributed by atoms with Gasteiger partial charge in [-0.1, -0.05) is 0 Å². The maximum Gasteiger partial charge on any atom is 0.251 e. The van der Waals surface area contributed by atoms with E-state index in [1.807, 2.05) is 0 Å². The lowest BCUT2D eigenvalue weighted by atomic mass is 10.1. The van der Waals surface area contributed by atoms with E-state index < -0.39 is 17.6 Å². The van der Waals surface area contributed by atoms with Gasteiger partial charge in [-0.15, -0.1) is 0 Å². The molecule has 1 saturated heterocycles. The van der Waals surface area contributed by atoms with Gasteiger partial charge in [0.15, 0.2) is 17.5 Å². The number of rotatable bonds is 2. The van der Waals surface area contributed by atoms with E-state index in [0.717, 1.165) is 12.8 Å². The molecule has 1 aromatic heterocycles. The third-order valence-electron chi connectivity index (χ3n) is 2.88. The number of hydrogen-bond donors (Lipinski definition) is 0. The summed E-state index contributed by atoms with van der Waals surface area (Å²) in [5.41, 5.74) is 0. The van der Waals surface area contributed by atoms with Gasteiger partial charge in [-0.3, -0.25) is 0 Å². The van der Waals surface area contributed by atoms with Crippen molar-refractivity contribution in [2.45, 2.75) is 18.9 Å². The van der Waals surface area contributed by atoms with Gasteiger partial charge in [0.2, 0.25) is 0 Å². The molecule has 94 valence electrons. The van der Waals surface area contributed by atoms with E-state index in [2.05, 4.69) is 4.98 Å². The highest BCUT2D eigenvalue weighted by Gasteiger charge is 2.24. The molecule has 1 aliphatic rings. The Kier molecular flexibility index (Phi) is 3.51. The van der Waals surface area contributed by atoms with Crippen molar-refractivity contribution in [2.24, 2.45) is 0 Å². The summed E-state index contributed by atoms with van der Waals surface area (Å²) in [6.07, 6.45) is 1.65. The molecule has 0 aromatic carbocycles. The normalized spacial score (nSPS) is 20.7. The molecule has 2 rings (SSSR count). The van der Waals surface area contributed by atoms with E-state index in [4.69, 9.17) is 4.74 Å². The molecular formula is C11H13F3N2O. The zero-order valence-corrected chi connectivity index (χ0v) is 9.42. The van der Waals surface area contributed by atoms with Crippen LogP contribution in [-0.4, -0.2) is 31.3 Å². The summed E-state index contributed by atoms with van der Waals surface area (Å²) in [6.45, 7) is 1.00. The lowest BCUT2D eigenvalue weighted by Crippen LogP contribution is -2.40. The van der Waals surface area contributed by atoms with Crippen molar-refractivity contribution >= 4 is 5.82 Å². The number of pyridine rings is 1. The highest BCUT2D eigenvalue weighted by molar-refractivity contribution is 5.40. The number of hydrogen-bond acceptors (Lipinski definition) is 3. The summed E-state index contributed by atoms with van der Waals surface area (Å²) in [5.74, 6) is -3.54. The van der Waals surface area contributed by atoms with E-state index in [0.29, 0.717) is 19.2 Å². The minimum Gasteiger partial charge on any atom is -0.380 e. The van der Waals surface area contributed by atoms with Crippen LogP contribution in [0, 0.1) is 17.6 Å². The largest absolute Gasteiger partial charge is 0.380 e. The lowest BCUT2D eigenvalue weighted by Gasteiger charge is -2.32. The van der Waals surface area contributed by atoms with Gasteiger partial charge in [0.25, 0.3) is 5.95 Å². The quantitative estimate of drug-likeness (QED) is 0.747. The molecule has 2 heterocycles. The SMILES string of the molecule is COC1CCCN(c2nc(F)c(F)cc2F)C1. The van der Waals surface area contributed by atoms with Gasteiger partial charge in [0.05, 0.1) is 6.10 Å². The van der Waals surface area contributed by atoms with Crippen molar-refractivity contribution in [1.29, 1.82) is 0 Å². The van der Waals surface area contributed by atoms with E-state index >= 15 is 0 Å². The summed E-state index contributed by atoms with van der Waals surface area (Å²) in [7, 11) is 1.57. The molecule has 0 amide bonds. The van der Waals surface area contributed by atoms with Crippen LogP contribution in [-0.2, 0) is 4.74 Å². The third kappa shape index (κ3) is 2.52. The highest BCUT2D eigenvalue weighted by atomic mass is 19.2. The van der Waals surface area contributed by atoms with Gasteiger partial charge >= 0.3 is 0 Å². The van der Waals surface area contributed by atoms with E-state index in [9.17, 15) is 13.2 Å². The summed E-state index contributed by atoms with van der Waals surface area (Å²) in [5, 5.41) is 0. The van der Waals surface area contributed by atoms with Gasteiger partial charge in [0.1, 0.15) is 0 Å². The Hall–Kier alpha value is -1.30. The number of ether oxygens (including phenoxy) is 1. The maximum absolute atomic E-state index is 13.5. The second-order valence-electron chi connectivity index (χ2n) is 4.01. The predicted octanol–water partition coefficient (Wildman–Crippen LogP) is 2.11. The first-order valence-corrected chi connectivity index (χ1v) is 5.41. The molecule has 0 radical (unpaired) electrons. The van der Waals surface area contributed by atoms with Gasteiger partial charge in [0, 0.05) is 26.3 Å². The van der Waals surface area contributed by atoms with Crippen LogP contribution in [0.3, 0.4) is 0 Å². The number of nitrogens with zero attached hydrogens (tertiary/aromatic N) is 2.